The molecular formula is C33H29N3O7S. The monoisotopic (exact) mass is 611 g/mol. The summed E-state index contributed by atoms with van der Waals surface area (Å²) in [6, 6.07) is 21.5. The van der Waals surface area contributed by atoms with Crippen LogP contribution in [0.1, 0.15) is 41.4 Å². The second-order valence-corrected chi connectivity index (χ2v) is 10.5. The summed E-state index contributed by atoms with van der Waals surface area (Å²) >= 11 is 1.01. The second-order valence-electron chi connectivity index (χ2n) is 9.49. The molecule has 2 aliphatic rings. The van der Waals surface area contributed by atoms with Crippen LogP contribution >= 0.6 is 11.8 Å². The number of nitrogens with one attached hydrogen (secondary N) is 1. The fourth-order valence-corrected chi connectivity index (χ4v) is 5.68. The SMILES string of the molecule is CCOC(=O)C1=C(c2ccccc2)N=C2SC(C(=O)Nc3ccc(C(=O)OCC)cc3)=CC(=O)N2[C@@H]1c1cccc(OC)c1. The minimum Gasteiger partial charge on any atom is -0.497 e. The van der Waals surface area contributed by atoms with E-state index < -0.39 is 29.8 Å². The average molecular weight is 612 g/mol. The number of benzene rings is 3. The Balaban J connectivity index is 1.55. The predicted octanol–water partition coefficient (Wildman–Crippen LogP) is 5.36. The Morgan fingerprint density at radius 2 is 1.61 bits per heavy atom. The molecule has 0 spiro atoms. The molecule has 0 saturated heterocycles. The molecule has 0 aliphatic carbocycles. The van der Waals surface area contributed by atoms with Crippen LogP contribution in [0.2, 0.25) is 0 Å². The molecule has 11 heteroatoms. The smallest absolute Gasteiger partial charge is 0.338 e. The lowest BCUT2D eigenvalue weighted by Crippen LogP contribution is -2.45. The van der Waals surface area contributed by atoms with Crippen LogP contribution in [0.5, 0.6) is 5.75 Å². The number of ether oxygens (including phenoxy) is 3. The maximum Gasteiger partial charge on any atom is 0.338 e. The molecule has 2 heterocycles. The Morgan fingerprint density at radius 1 is 0.909 bits per heavy atom. The van der Waals surface area contributed by atoms with Crippen LogP contribution in [-0.2, 0) is 23.9 Å². The van der Waals surface area contributed by atoms with E-state index in [0.29, 0.717) is 33.8 Å². The number of amides is 2. The molecule has 44 heavy (non-hydrogen) atoms. The fourth-order valence-electron chi connectivity index (χ4n) is 4.75. The van der Waals surface area contributed by atoms with Crippen LogP contribution in [-0.4, -0.2) is 54.1 Å². The maximum absolute atomic E-state index is 13.8. The highest BCUT2D eigenvalue weighted by atomic mass is 32.2. The molecule has 3 aromatic carbocycles. The van der Waals surface area contributed by atoms with E-state index in [2.05, 4.69) is 5.32 Å². The number of aliphatic imine (C=N–C) groups is 1. The summed E-state index contributed by atoms with van der Waals surface area (Å²) in [5, 5.41) is 2.98. The first-order valence-electron chi connectivity index (χ1n) is 13.8. The van der Waals surface area contributed by atoms with E-state index in [1.807, 2.05) is 30.3 Å². The minimum absolute atomic E-state index is 0.107. The minimum atomic E-state index is -0.914. The Bertz CT molecular complexity index is 1700. The first-order valence-corrected chi connectivity index (χ1v) is 14.7. The number of fused-ring (bicyclic) bond motifs is 1. The van der Waals surface area contributed by atoms with Crippen molar-refractivity contribution in [2.45, 2.75) is 19.9 Å². The van der Waals surface area contributed by atoms with Crippen molar-refractivity contribution in [1.82, 2.24) is 4.90 Å². The Labute approximate surface area is 258 Å². The van der Waals surface area contributed by atoms with Crippen molar-refractivity contribution < 1.29 is 33.4 Å². The average Bonchev–Trinajstić information content (AvgIpc) is 3.04. The first kappa shape index (κ1) is 30.3. The number of carbonyl (C=O) groups excluding carboxylic acids is 4. The van der Waals surface area contributed by atoms with Crippen molar-refractivity contribution >= 4 is 52.1 Å². The van der Waals surface area contributed by atoms with Crippen LogP contribution in [0.25, 0.3) is 5.70 Å². The van der Waals surface area contributed by atoms with Gasteiger partial charge in [-0.1, -0.05) is 42.5 Å². The standard InChI is InChI=1S/C33H29N3O7S/c1-4-42-31(39)21-14-16-23(17-15-21)34-30(38)25-19-26(37)36-29(22-12-9-13-24(18-22)41-3)27(32(40)43-5-2)28(35-33(36)44-25)20-10-7-6-8-11-20/h6-19,29H,4-5H2,1-3H3,(H,34,38)/t29-/m1/s1. The number of esters is 2. The van der Waals surface area contributed by atoms with E-state index in [1.54, 1.807) is 62.4 Å². The molecular weight excluding hydrogens is 582 g/mol. The van der Waals surface area contributed by atoms with Gasteiger partial charge in [0.1, 0.15) is 5.75 Å². The van der Waals surface area contributed by atoms with Gasteiger partial charge in [-0.15, -0.1) is 0 Å². The van der Waals surface area contributed by atoms with Gasteiger partial charge in [0.05, 0.1) is 48.1 Å². The maximum atomic E-state index is 13.8. The molecule has 5 rings (SSSR count). The van der Waals surface area contributed by atoms with Gasteiger partial charge in [0, 0.05) is 17.3 Å². The molecule has 1 atom stereocenters. The fraction of sp³-hybridized carbons (Fsp3) is 0.182. The molecule has 0 fully saturated rings. The van der Waals surface area contributed by atoms with E-state index in [4.69, 9.17) is 19.2 Å². The summed E-state index contributed by atoms with van der Waals surface area (Å²) in [6.07, 6.45) is 1.22. The van der Waals surface area contributed by atoms with Crippen molar-refractivity contribution in [3.8, 4) is 5.75 Å². The molecule has 2 amide bonds. The number of thioether (sulfide) groups is 1. The number of methoxy groups -OCH3 is 1. The lowest BCUT2D eigenvalue weighted by Gasteiger charge is -2.38. The van der Waals surface area contributed by atoms with Crippen LogP contribution in [0, 0.1) is 0 Å². The largest absolute Gasteiger partial charge is 0.497 e. The zero-order valence-electron chi connectivity index (χ0n) is 24.2. The van der Waals surface area contributed by atoms with Crippen molar-refractivity contribution in [3.63, 3.8) is 0 Å². The molecule has 1 N–H and O–H groups in total. The zero-order chi connectivity index (χ0) is 31.2. The van der Waals surface area contributed by atoms with E-state index in [0.717, 1.165) is 11.8 Å². The van der Waals surface area contributed by atoms with Gasteiger partial charge in [-0.25, -0.2) is 14.6 Å². The third-order valence-electron chi connectivity index (χ3n) is 6.72. The first-order chi connectivity index (χ1) is 21.3. The summed E-state index contributed by atoms with van der Waals surface area (Å²) in [5.74, 6) is -1.61. The van der Waals surface area contributed by atoms with Crippen LogP contribution in [0.15, 0.2) is 100 Å². The van der Waals surface area contributed by atoms with Crippen LogP contribution < -0.4 is 10.1 Å². The van der Waals surface area contributed by atoms with Gasteiger partial charge < -0.3 is 19.5 Å². The van der Waals surface area contributed by atoms with Crippen molar-refractivity contribution in [3.05, 3.63) is 112 Å². The summed E-state index contributed by atoms with van der Waals surface area (Å²) in [5.41, 5.74) is 2.54. The lowest BCUT2D eigenvalue weighted by molar-refractivity contribution is -0.139. The molecule has 0 unspecified atom stereocenters. The normalized spacial score (nSPS) is 15.9. The highest BCUT2D eigenvalue weighted by Crippen LogP contribution is 2.45. The van der Waals surface area contributed by atoms with Crippen molar-refractivity contribution in [1.29, 1.82) is 0 Å². The molecule has 0 bridgehead atoms. The molecule has 3 aromatic rings. The summed E-state index contributed by atoms with van der Waals surface area (Å²) in [4.78, 5) is 58.9. The summed E-state index contributed by atoms with van der Waals surface area (Å²) < 4.78 is 15.9. The number of hydrogen-bond donors (Lipinski definition) is 1. The number of anilines is 1. The van der Waals surface area contributed by atoms with Crippen LogP contribution in [0.4, 0.5) is 5.69 Å². The van der Waals surface area contributed by atoms with Gasteiger partial charge >= 0.3 is 11.9 Å². The quantitative estimate of drug-likeness (QED) is 0.321. The van der Waals surface area contributed by atoms with E-state index in [-0.39, 0.29) is 28.9 Å². The van der Waals surface area contributed by atoms with Gasteiger partial charge in [0.25, 0.3) is 11.8 Å². The predicted molar refractivity (Wildman–Crippen MR) is 167 cm³/mol. The van der Waals surface area contributed by atoms with Crippen molar-refractivity contribution in [2.75, 3.05) is 25.6 Å². The third kappa shape index (κ3) is 6.28. The van der Waals surface area contributed by atoms with E-state index in [9.17, 15) is 19.2 Å². The molecule has 2 aliphatic heterocycles. The third-order valence-corrected chi connectivity index (χ3v) is 7.72. The number of hydrogen-bond acceptors (Lipinski definition) is 9. The topological polar surface area (TPSA) is 124 Å². The highest BCUT2D eigenvalue weighted by Gasteiger charge is 2.44. The summed E-state index contributed by atoms with van der Waals surface area (Å²) in [7, 11) is 1.53. The lowest BCUT2D eigenvalue weighted by atomic mass is 9.91. The molecule has 10 nitrogen and oxygen atoms in total. The Morgan fingerprint density at radius 3 is 2.30 bits per heavy atom. The number of carbonyl (C=O) groups is 4. The number of nitrogens with zero attached hydrogens (tertiary/aromatic N) is 2. The van der Waals surface area contributed by atoms with Crippen molar-refractivity contribution in [2.24, 2.45) is 4.99 Å². The molecule has 0 radical (unpaired) electrons. The van der Waals surface area contributed by atoms with Gasteiger partial charge in [-0.3, -0.25) is 14.5 Å². The summed E-state index contributed by atoms with van der Waals surface area (Å²) in [6.45, 7) is 3.80. The van der Waals surface area contributed by atoms with Gasteiger partial charge in [0.15, 0.2) is 5.17 Å². The highest BCUT2D eigenvalue weighted by molar-refractivity contribution is 8.18. The molecule has 0 aromatic heterocycles. The number of rotatable bonds is 9. The number of amidine groups is 1. The molecule has 224 valence electrons. The Kier molecular flexibility index (Phi) is 9.25. The van der Waals surface area contributed by atoms with E-state index in [1.165, 1.54) is 18.1 Å². The van der Waals surface area contributed by atoms with Gasteiger partial charge in [0.2, 0.25) is 0 Å². The molecule has 0 saturated carbocycles. The Hall–Kier alpha value is -5.16. The second kappa shape index (κ2) is 13.4. The van der Waals surface area contributed by atoms with Gasteiger partial charge in [-0.2, -0.15) is 0 Å². The zero-order valence-corrected chi connectivity index (χ0v) is 25.1. The van der Waals surface area contributed by atoms with Crippen LogP contribution in [0.3, 0.4) is 0 Å². The van der Waals surface area contributed by atoms with Gasteiger partial charge in [-0.05, 0) is 67.6 Å². The van der Waals surface area contributed by atoms with E-state index >= 15 is 0 Å².